The molecular weight excluding hydrogens is 445 g/mol. The number of halogens is 1. The molecule has 1 fully saturated rings. The second-order valence-corrected chi connectivity index (χ2v) is 8.46. The van der Waals surface area contributed by atoms with Crippen LogP contribution in [0.1, 0.15) is 44.0 Å². The van der Waals surface area contributed by atoms with Crippen LogP contribution in [0.25, 0.3) is 0 Å². The Morgan fingerprint density at radius 1 is 1.29 bits per heavy atom. The number of ether oxygens (including phenoxy) is 2. The lowest BCUT2D eigenvalue weighted by molar-refractivity contribution is -0.0368. The van der Waals surface area contributed by atoms with Crippen molar-refractivity contribution in [1.29, 1.82) is 0 Å². The quantitative estimate of drug-likeness (QED) is 0.596. The fourth-order valence-electron chi connectivity index (χ4n) is 3.88. The maximum absolute atomic E-state index is 14.0. The molecule has 2 amide bonds. The molecule has 1 aromatic heterocycles. The molecule has 0 unspecified atom stereocenters. The fourth-order valence-corrected chi connectivity index (χ4v) is 3.88. The summed E-state index contributed by atoms with van der Waals surface area (Å²) in [7, 11) is 0. The van der Waals surface area contributed by atoms with Crippen LogP contribution in [0.5, 0.6) is 11.5 Å². The van der Waals surface area contributed by atoms with Crippen LogP contribution in [0.4, 0.5) is 15.0 Å². The normalized spacial score (nSPS) is 15.2. The summed E-state index contributed by atoms with van der Waals surface area (Å²) in [5.74, 6) is 0.0442. The van der Waals surface area contributed by atoms with Crippen molar-refractivity contribution in [3.63, 3.8) is 0 Å². The molecule has 0 atom stereocenters. The highest BCUT2D eigenvalue weighted by Crippen LogP contribution is 2.35. The number of carbonyl (C=O) groups is 2. The third kappa shape index (κ3) is 5.90. The summed E-state index contributed by atoms with van der Waals surface area (Å²) in [6, 6.07) is 3.71. The van der Waals surface area contributed by atoms with Gasteiger partial charge in [0.05, 0.1) is 11.8 Å². The van der Waals surface area contributed by atoms with E-state index in [2.05, 4.69) is 9.97 Å². The van der Waals surface area contributed by atoms with Gasteiger partial charge in [-0.15, -0.1) is 0 Å². The van der Waals surface area contributed by atoms with E-state index in [9.17, 15) is 19.1 Å². The number of hydrogen-bond donors (Lipinski definition) is 2. The Kier molecular flexibility index (Phi) is 7.87. The standard InChI is InChI=1S/C23H30FN5O5/c1-4-29(15(2)3)21(30)17-11-16(24)5-6-18(17)34-19-12-26-14-27-20(19)28-9-7-23(32,8-10-28)13-33-22(25)31/h5-6,11-12,14-15,32H,4,7-10,13H2,1-3H3,(H2,25,31). The highest BCUT2D eigenvalue weighted by Gasteiger charge is 2.35. The minimum atomic E-state index is -1.18. The minimum Gasteiger partial charge on any atom is -0.451 e. The van der Waals surface area contributed by atoms with E-state index in [-0.39, 0.29) is 35.6 Å². The summed E-state index contributed by atoms with van der Waals surface area (Å²) in [5, 5.41) is 10.6. The molecule has 2 heterocycles. The van der Waals surface area contributed by atoms with Crippen LogP contribution < -0.4 is 15.4 Å². The summed E-state index contributed by atoms with van der Waals surface area (Å²) >= 11 is 0. The van der Waals surface area contributed by atoms with Crippen molar-refractivity contribution in [2.45, 2.75) is 45.3 Å². The topological polar surface area (TPSA) is 131 Å². The summed E-state index contributed by atoms with van der Waals surface area (Å²) < 4.78 is 24.9. The zero-order chi connectivity index (χ0) is 24.9. The Balaban J connectivity index is 1.83. The van der Waals surface area contributed by atoms with E-state index in [1.165, 1.54) is 24.7 Å². The number of amides is 2. The zero-order valence-electron chi connectivity index (χ0n) is 19.5. The Labute approximate surface area is 197 Å². The largest absolute Gasteiger partial charge is 0.451 e. The van der Waals surface area contributed by atoms with Crippen LogP contribution in [-0.4, -0.2) is 69.9 Å². The third-order valence-corrected chi connectivity index (χ3v) is 5.75. The predicted octanol–water partition coefficient (Wildman–Crippen LogP) is 2.71. The van der Waals surface area contributed by atoms with E-state index in [1.807, 2.05) is 25.7 Å². The van der Waals surface area contributed by atoms with Gasteiger partial charge in [0.25, 0.3) is 5.91 Å². The van der Waals surface area contributed by atoms with Gasteiger partial charge in [-0.2, -0.15) is 0 Å². The molecule has 0 spiro atoms. The van der Waals surface area contributed by atoms with E-state index >= 15 is 0 Å². The smallest absolute Gasteiger partial charge is 0.404 e. The molecule has 1 aromatic carbocycles. The molecule has 1 aliphatic rings. The molecular formula is C23H30FN5O5. The second-order valence-electron chi connectivity index (χ2n) is 8.46. The number of piperidine rings is 1. The van der Waals surface area contributed by atoms with E-state index in [0.29, 0.717) is 38.3 Å². The molecule has 184 valence electrons. The number of primary amides is 1. The van der Waals surface area contributed by atoms with E-state index < -0.39 is 17.5 Å². The molecule has 1 saturated heterocycles. The lowest BCUT2D eigenvalue weighted by Gasteiger charge is -2.38. The predicted molar refractivity (Wildman–Crippen MR) is 122 cm³/mol. The molecule has 3 rings (SSSR count). The third-order valence-electron chi connectivity index (χ3n) is 5.75. The minimum absolute atomic E-state index is 0.0742. The van der Waals surface area contributed by atoms with Crippen LogP contribution in [0.3, 0.4) is 0 Å². The number of anilines is 1. The summed E-state index contributed by atoms with van der Waals surface area (Å²) in [6.07, 6.45) is 2.52. The number of nitrogens with two attached hydrogens (primary N) is 1. The maximum Gasteiger partial charge on any atom is 0.404 e. The van der Waals surface area contributed by atoms with Crippen LogP contribution in [-0.2, 0) is 4.74 Å². The van der Waals surface area contributed by atoms with Crippen LogP contribution in [0.15, 0.2) is 30.7 Å². The fraction of sp³-hybridized carbons (Fsp3) is 0.478. The molecule has 0 bridgehead atoms. The van der Waals surface area contributed by atoms with E-state index in [1.54, 1.807) is 4.90 Å². The van der Waals surface area contributed by atoms with Gasteiger partial charge in [-0.1, -0.05) is 0 Å². The Bertz CT molecular complexity index is 1030. The SMILES string of the molecule is CCN(C(=O)c1cc(F)ccc1Oc1cncnc1N1CCC(O)(COC(N)=O)CC1)C(C)C. The number of aromatic nitrogens is 2. The average Bonchev–Trinajstić information content (AvgIpc) is 2.80. The number of aliphatic hydroxyl groups is 1. The van der Waals surface area contributed by atoms with Crippen molar-refractivity contribution in [3.05, 3.63) is 42.1 Å². The first-order chi connectivity index (χ1) is 16.1. The number of carbonyl (C=O) groups excluding carboxylic acids is 2. The van der Waals surface area contributed by atoms with Gasteiger partial charge in [0, 0.05) is 25.7 Å². The van der Waals surface area contributed by atoms with Crippen LogP contribution in [0.2, 0.25) is 0 Å². The van der Waals surface area contributed by atoms with Crippen molar-refractivity contribution in [2.75, 3.05) is 31.1 Å². The maximum atomic E-state index is 14.0. The monoisotopic (exact) mass is 475 g/mol. The first-order valence-electron chi connectivity index (χ1n) is 11.1. The lowest BCUT2D eigenvalue weighted by Crippen LogP contribution is -2.48. The van der Waals surface area contributed by atoms with Crippen molar-refractivity contribution in [1.82, 2.24) is 14.9 Å². The Hall–Kier alpha value is -3.47. The number of benzene rings is 1. The van der Waals surface area contributed by atoms with Gasteiger partial charge in [-0.05, 0) is 51.8 Å². The van der Waals surface area contributed by atoms with Gasteiger partial charge in [0.1, 0.15) is 30.1 Å². The van der Waals surface area contributed by atoms with Crippen molar-refractivity contribution in [3.8, 4) is 11.5 Å². The molecule has 0 aliphatic carbocycles. The zero-order valence-corrected chi connectivity index (χ0v) is 19.5. The van der Waals surface area contributed by atoms with Crippen LogP contribution >= 0.6 is 0 Å². The summed E-state index contributed by atoms with van der Waals surface area (Å²) in [4.78, 5) is 35.9. The van der Waals surface area contributed by atoms with Gasteiger partial charge in [-0.25, -0.2) is 19.2 Å². The van der Waals surface area contributed by atoms with Crippen molar-refractivity contribution >= 4 is 17.8 Å². The Morgan fingerprint density at radius 2 is 2.00 bits per heavy atom. The second kappa shape index (κ2) is 10.6. The summed E-state index contributed by atoms with van der Waals surface area (Å²) in [5.41, 5.74) is 3.92. The molecule has 0 radical (unpaired) electrons. The van der Waals surface area contributed by atoms with E-state index in [4.69, 9.17) is 15.2 Å². The molecule has 34 heavy (non-hydrogen) atoms. The van der Waals surface area contributed by atoms with Gasteiger partial charge < -0.3 is 30.1 Å². The van der Waals surface area contributed by atoms with Gasteiger partial charge in [0.2, 0.25) is 0 Å². The number of rotatable bonds is 8. The summed E-state index contributed by atoms with van der Waals surface area (Å²) in [6.45, 7) is 6.70. The number of hydrogen-bond acceptors (Lipinski definition) is 8. The molecule has 1 aliphatic heterocycles. The first-order valence-corrected chi connectivity index (χ1v) is 11.1. The average molecular weight is 476 g/mol. The van der Waals surface area contributed by atoms with E-state index in [0.717, 1.165) is 6.07 Å². The highest BCUT2D eigenvalue weighted by molar-refractivity contribution is 5.97. The Morgan fingerprint density at radius 3 is 2.62 bits per heavy atom. The molecule has 11 heteroatoms. The van der Waals surface area contributed by atoms with Crippen LogP contribution in [0, 0.1) is 5.82 Å². The van der Waals surface area contributed by atoms with Gasteiger partial charge >= 0.3 is 6.09 Å². The van der Waals surface area contributed by atoms with Gasteiger partial charge in [0.15, 0.2) is 11.6 Å². The van der Waals surface area contributed by atoms with Crippen molar-refractivity contribution < 1.29 is 28.6 Å². The lowest BCUT2D eigenvalue weighted by atomic mass is 9.92. The first kappa shape index (κ1) is 25.2. The molecule has 2 aromatic rings. The highest BCUT2D eigenvalue weighted by atomic mass is 19.1. The number of nitrogens with zero attached hydrogens (tertiary/aromatic N) is 4. The molecule has 3 N–H and O–H groups in total. The molecule has 0 saturated carbocycles. The molecule has 10 nitrogen and oxygen atoms in total. The van der Waals surface area contributed by atoms with Crippen molar-refractivity contribution in [2.24, 2.45) is 5.73 Å². The van der Waals surface area contributed by atoms with Gasteiger partial charge in [-0.3, -0.25) is 4.79 Å².